The maximum Gasteiger partial charge on any atom is 0.347 e. The molecule has 22 heavy (non-hydrogen) atoms. The van der Waals surface area contributed by atoms with Gasteiger partial charge in [0, 0.05) is 0 Å². The number of carbonyl (C=O) groups is 2. The van der Waals surface area contributed by atoms with Gasteiger partial charge in [0.05, 0.1) is 18.3 Å². The van der Waals surface area contributed by atoms with E-state index in [4.69, 9.17) is 9.47 Å². The fourth-order valence-electron chi connectivity index (χ4n) is 2.39. The van der Waals surface area contributed by atoms with E-state index in [1.54, 1.807) is 31.4 Å². The Morgan fingerprint density at radius 1 is 0.773 bits per heavy atom. The number of benzene rings is 2. The van der Waals surface area contributed by atoms with Crippen LogP contribution in [0, 0.1) is 6.92 Å². The fraction of sp³-hybridized carbons (Fsp3) is 0.111. The highest BCUT2D eigenvalue weighted by molar-refractivity contribution is 6.44. The van der Waals surface area contributed by atoms with Gasteiger partial charge < -0.3 is 9.47 Å². The van der Waals surface area contributed by atoms with Gasteiger partial charge in [0.25, 0.3) is 0 Å². The van der Waals surface area contributed by atoms with Crippen LogP contribution in [0.4, 0.5) is 0 Å². The molecule has 0 saturated carbocycles. The third kappa shape index (κ3) is 2.39. The summed E-state index contributed by atoms with van der Waals surface area (Å²) in [5.74, 6) is -0.552. The quantitative estimate of drug-likeness (QED) is 0.645. The van der Waals surface area contributed by atoms with E-state index in [2.05, 4.69) is 0 Å². The maximum atomic E-state index is 12.1. The van der Waals surface area contributed by atoms with Crippen molar-refractivity contribution in [3.05, 3.63) is 65.2 Å². The van der Waals surface area contributed by atoms with Gasteiger partial charge in [0.15, 0.2) is 0 Å². The number of rotatable bonds is 3. The zero-order chi connectivity index (χ0) is 15.7. The van der Waals surface area contributed by atoms with Crippen molar-refractivity contribution in [1.82, 2.24) is 0 Å². The van der Waals surface area contributed by atoms with Crippen LogP contribution in [0.5, 0.6) is 5.75 Å². The lowest BCUT2D eigenvalue weighted by Crippen LogP contribution is -2.02. The van der Waals surface area contributed by atoms with Crippen LogP contribution in [0.15, 0.2) is 48.5 Å². The number of carbonyl (C=O) groups excluding carboxylic acids is 2. The minimum absolute atomic E-state index is 0.288. The van der Waals surface area contributed by atoms with Gasteiger partial charge >= 0.3 is 11.9 Å². The van der Waals surface area contributed by atoms with Crippen molar-refractivity contribution >= 4 is 23.1 Å². The number of cyclic esters (lactones) is 2. The van der Waals surface area contributed by atoms with Gasteiger partial charge in [0.2, 0.25) is 0 Å². The summed E-state index contributed by atoms with van der Waals surface area (Å²) in [4.78, 5) is 24.1. The summed E-state index contributed by atoms with van der Waals surface area (Å²) < 4.78 is 9.90. The monoisotopic (exact) mass is 294 g/mol. The number of hydrogen-bond acceptors (Lipinski definition) is 4. The predicted molar refractivity (Wildman–Crippen MR) is 82.1 cm³/mol. The summed E-state index contributed by atoms with van der Waals surface area (Å²) >= 11 is 0. The number of esters is 2. The van der Waals surface area contributed by atoms with Gasteiger partial charge in [-0.25, -0.2) is 9.59 Å². The molecule has 0 saturated heterocycles. The van der Waals surface area contributed by atoms with Crippen LogP contribution in [0.25, 0.3) is 11.1 Å². The Morgan fingerprint density at radius 3 is 1.68 bits per heavy atom. The first-order valence-corrected chi connectivity index (χ1v) is 6.82. The second-order valence-corrected chi connectivity index (χ2v) is 5.02. The van der Waals surface area contributed by atoms with Crippen molar-refractivity contribution < 1.29 is 19.1 Å². The number of ether oxygens (including phenoxy) is 2. The second kappa shape index (κ2) is 5.48. The maximum absolute atomic E-state index is 12.1. The van der Waals surface area contributed by atoms with Crippen LogP contribution in [0.3, 0.4) is 0 Å². The topological polar surface area (TPSA) is 52.6 Å². The SMILES string of the molecule is COc1ccc(C2=C(c3ccc(C)cc3)C(=O)OC2=O)cc1. The van der Waals surface area contributed by atoms with Crippen LogP contribution < -0.4 is 4.74 Å². The van der Waals surface area contributed by atoms with E-state index in [0.29, 0.717) is 22.4 Å². The van der Waals surface area contributed by atoms with E-state index in [1.807, 2.05) is 31.2 Å². The van der Waals surface area contributed by atoms with E-state index in [0.717, 1.165) is 5.56 Å². The van der Waals surface area contributed by atoms with Crippen LogP contribution in [-0.2, 0) is 14.3 Å². The molecule has 1 aliphatic rings. The molecule has 0 aromatic heterocycles. The Bertz CT molecular complexity index is 768. The molecule has 0 aliphatic carbocycles. The normalized spacial score (nSPS) is 14.3. The molecule has 0 N–H and O–H groups in total. The first-order valence-electron chi connectivity index (χ1n) is 6.82. The van der Waals surface area contributed by atoms with Crippen molar-refractivity contribution in [1.29, 1.82) is 0 Å². The number of methoxy groups -OCH3 is 1. The summed E-state index contributed by atoms with van der Waals surface area (Å²) in [6.07, 6.45) is 0. The zero-order valence-electron chi connectivity index (χ0n) is 12.3. The fourth-order valence-corrected chi connectivity index (χ4v) is 2.39. The minimum atomic E-state index is -0.620. The van der Waals surface area contributed by atoms with Crippen molar-refractivity contribution in [2.45, 2.75) is 6.92 Å². The van der Waals surface area contributed by atoms with Crippen molar-refractivity contribution in [2.24, 2.45) is 0 Å². The first kappa shape index (κ1) is 14.1. The average molecular weight is 294 g/mol. The highest BCUT2D eigenvalue weighted by atomic mass is 16.6. The second-order valence-electron chi connectivity index (χ2n) is 5.02. The molecule has 4 nitrogen and oxygen atoms in total. The van der Waals surface area contributed by atoms with Crippen LogP contribution in [-0.4, -0.2) is 19.0 Å². The number of aryl methyl sites for hydroxylation is 1. The van der Waals surface area contributed by atoms with Crippen molar-refractivity contribution in [3.63, 3.8) is 0 Å². The molecule has 0 unspecified atom stereocenters. The Hall–Kier alpha value is -2.88. The van der Waals surface area contributed by atoms with E-state index in [-0.39, 0.29) is 5.57 Å². The predicted octanol–water partition coefficient (Wildman–Crippen LogP) is 3.00. The molecule has 1 aliphatic heterocycles. The van der Waals surface area contributed by atoms with Crippen LogP contribution in [0.1, 0.15) is 16.7 Å². The van der Waals surface area contributed by atoms with E-state index < -0.39 is 11.9 Å². The van der Waals surface area contributed by atoms with Crippen molar-refractivity contribution in [3.8, 4) is 5.75 Å². The Kier molecular flexibility index (Phi) is 3.51. The highest BCUT2D eigenvalue weighted by Gasteiger charge is 2.34. The average Bonchev–Trinajstić information content (AvgIpc) is 2.82. The molecule has 2 aromatic rings. The smallest absolute Gasteiger partial charge is 0.347 e. The van der Waals surface area contributed by atoms with E-state index >= 15 is 0 Å². The van der Waals surface area contributed by atoms with Gasteiger partial charge in [0.1, 0.15) is 5.75 Å². The third-order valence-corrected chi connectivity index (χ3v) is 3.56. The summed E-state index contributed by atoms with van der Waals surface area (Å²) in [5, 5.41) is 0. The molecule has 0 amide bonds. The van der Waals surface area contributed by atoms with Crippen LogP contribution >= 0.6 is 0 Å². The summed E-state index contributed by atoms with van der Waals surface area (Å²) in [5.41, 5.74) is 2.97. The molecule has 0 bridgehead atoms. The molecule has 4 heteroatoms. The standard InChI is InChI=1S/C18H14O4/c1-11-3-5-12(6-4-11)15-16(18(20)22-17(15)19)13-7-9-14(21-2)10-8-13/h3-10H,1-2H3. The molecule has 2 aromatic carbocycles. The minimum Gasteiger partial charge on any atom is -0.497 e. The molecular weight excluding hydrogens is 280 g/mol. The molecule has 0 spiro atoms. The Morgan fingerprint density at radius 2 is 1.23 bits per heavy atom. The lowest BCUT2D eigenvalue weighted by Gasteiger charge is -2.05. The van der Waals surface area contributed by atoms with Crippen molar-refractivity contribution in [2.75, 3.05) is 7.11 Å². The molecule has 0 fully saturated rings. The van der Waals surface area contributed by atoms with E-state index in [9.17, 15) is 9.59 Å². The van der Waals surface area contributed by atoms with Gasteiger partial charge in [-0.1, -0.05) is 42.0 Å². The number of hydrogen-bond donors (Lipinski definition) is 0. The first-order chi connectivity index (χ1) is 10.6. The highest BCUT2D eigenvalue weighted by Crippen LogP contribution is 2.34. The summed E-state index contributed by atoms with van der Waals surface area (Å²) in [6, 6.07) is 14.4. The van der Waals surface area contributed by atoms with E-state index in [1.165, 1.54) is 0 Å². The third-order valence-electron chi connectivity index (χ3n) is 3.56. The molecule has 110 valence electrons. The van der Waals surface area contributed by atoms with Gasteiger partial charge in [-0.3, -0.25) is 0 Å². The zero-order valence-corrected chi connectivity index (χ0v) is 12.3. The molecule has 3 rings (SSSR count). The Labute approximate surface area is 128 Å². The lowest BCUT2D eigenvalue weighted by atomic mass is 9.96. The Balaban J connectivity index is 2.15. The summed E-state index contributed by atoms with van der Waals surface area (Å²) in [7, 11) is 1.57. The molecular formula is C18H14O4. The van der Waals surface area contributed by atoms with Gasteiger partial charge in [-0.05, 0) is 30.2 Å². The van der Waals surface area contributed by atoms with Crippen LogP contribution in [0.2, 0.25) is 0 Å². The molecule has 1 heterocycles. The largest absolute Gasteiger partial charge is 0.497 e. The van der Waals surface area contributed by atoms with Gasteiger partial charge in [-0.2, -0.15) is 0 Å². The molecule has 0 atom stereocenters. The summed E-state index contributed by atoms with van der Waals surface area (Å²) in [6.45, 7) is 1.96. The van der Waals surface area contributed by atoms with Gasteiger partial charge in [-0.15, -0.1) is 0 Å². The molecule has 0 radical (unpaired) electrons. The lowest BCUT2D eigenvalue weighted by molar-refractivity contribution is -0.149.